The minimum absolute atomic E-state index is 0.221. The van der Waals surface area contributed by atoms with E-state index in [1.165, 1.54) is 6.07 Å². The van der Waals surface area contributed by atoms with Crippen molar-refractivity contribution in [3.8, 4) is 0 Å². The molecule has 1 aliphatic carbocycles. The number of aliphatic hydroxyl groups is 1. The van der Waals surface area contributed by atoms with E-state index in [2.05, 4.69) is 20.9 Å². The first kappa shape index (κ1) is 12.8. The number of fused-ring (bicyclic) bond motifs is 1. The molecule has 1 aromatic carbocycles. The number of hydrogen-bond donors (Lipinski definition) is 1. The summed E-state index contributed by atoms with van der Waals surface area (Å²) in [7, 11) is 0. The van der Waals surface area contributed by atoms with Gasteiger partial charge < -0.3 is 5.11 Å². The van der Waals surface area contributed by atoms with Crippen LogP contribution in [0.3, 0.4) is 0 Å². The first-order valence-corrected chi connectivity index (χ1v) is 6.97. The summed E-state index contributed by atoms with van der Waals surface area (Å²) in [5, 5.41) is 10.8. The molecule has 0 fully saturated rings. The van der Waals surface area contributed by atoms with Gasteiger partial charge in [-0.3, -0.25) is 4.98 Å². The summed E-state index contributed by atoms with van der Waals surface area (Å²) in [4.78, 5) is 4.10. The van der Waals surface area contributed by atoms with Gasteiger partial charge in [0, 0.05) is 23.3 Å². The number of pyridine rings is 1. The summed E-state index contributed by atoms with van der Waals surface area (Å²) in [5.41, 5.74) is 1.31. The summed E-state index contributed by atoms with van der Waals surface area (Å²) in [5.74, 6) is -0.221. The van der Waals surface area contributed by atoms with Crippen LogP contribution in [0.5, 0.6) is 0 Å². The molecular weight excluding hydrogens is 309 g/mol. The Bertz CT molecular complexity index is 631. The van der Waals surface area contributed by atoms with Crippen LogP contribution in [0.4, 0.5) is 4.39 Å². The smallest absolute Gasteiger partial charge is 0.126 e. The molecule has 1 unspecified atom stereocenters. The highest BCUT2D eigenvalue weighted by Gasteiger charge is 2.38. The predicted octanol–water partition coefficient (Wildman–Crippen LogP) is 3.36. The average Bonchev–Trinajstić information content (AvgIpc) is 2.69. The molecule has 0 spiro atoms. The summed E-state index contributed by atoms with van der Waals surface area (Å²) in [6.45, 7) is 0. The molecule has 0 saturated heterocycles. The molecule has 0 radical (unpaired) electrons. The predicted molar refractivity (Wildman–Crippen MR) is 74.3 cm³/mol. The van der Waals surface area contributed by atoms with E-state index in [-0.39, 0.29) is 5.82 Å². The van der Waals surface area contributed by atoms with Gasteiger partial charge in [-0.2, -0.15) is 0 Å². The highest BCUT2D eigenvalue weighted by Crippen LogP contribution is 2.40. The van der Waals surface area contributed by atoms with E-state index in [1.807, 2.05) is 12.1 Å². The molecule has 4 heteroatoms. The third-order valence-corrected chi connectivity index (χ3v) is 4.10. The highest BCUT2D eigenvalue weighted by molar-refractivity contribution is 9.10. The van der Waals surface area contributed by atoms with Gasteiger partial charge in [-0.25, -0.2) is 4.39 Å². The molecule has 1 N–H and O–H groups in total. The zero-order valence-electron chi connectivity index (χ0n) is 10.2. The standard InChI is InChI=1S/C15H13BrFNO/c16-11-6-10(8-18-9-11)7-15(19)5-4-12-13(15)2-1-3-14(12)17/h1-3,6,8-9,19H,4-5,7H2. The summed E-state index contributed by atoms with van der Waals surface area (Å²) >= 11 is 3.37. The Morgan fingerprint density at radius 2 is 2.21 bits per heavy atom. The fourth-order valence-corrected chi connectivity index (χ4v) is 3.20. The minimum atomic E-state index is -0.986. The third-order valence-electron chi connectivity index (χ3n) is 3.67. The second kappa shape index (κ2) is 4.69. The topological polar surface area (TPSA) is 33.1 Å². The van der Waals surface area contributed by atoms with E-state index in [1.54, 1.807) is 18.5 Å². The fraction of sp³-hybridized carbons (Fsp3) is 0.267. The molecular formula is C15H13BrFNO. The van der Waals surface area contributed by atoms with Crippen molar-refractivity contribution < 1.29 is 9.50 Å². The molecule has 1 aromatic heterocycles. The lowest BCUT2D eigenvalue weighted by molar-refractivity contribution is 0.0388. The number of aromatic nitrogens is 1. The maximum absolute atomic E-state index is 13.7. The fourth-order valence-electron chi connectivity index (χ4n) is 2.79. The van der Waals surface area contributed by atoms with Crippen molar-refractivity contribution in [2.45, 2.75) is 24.9 Å². The van der Waals surface area contributed by atoms with Gasteiger partial charge in [-0.1, -0.05) is 12.1 Å². The molecule has 0 amide bonds. The van der Waals surface area contributed by atoms with Crippen LogP contribution in [0.1, 0.15) is 23.1 Å². The maximum atomic E-state index is 13.7. The van der Waals surface area contributed by atoms with Gasteiger partial charge >= 0.3 is 0 Å². The minimum Gasteiger partial charge on any atom is -0.385 e. The second-order valence-electron chi connectivity index (χ2n) is 4.99. The second-order valence-corrected chi connectivity index (χ2v) is 5.90. The molecule has 19 heavy (non-hydrogen) atoms. The zero-order valence-corrected chi connectivity index (χ0v) is 11.8. The Kier molecular flexibility index (Phi) is 3.15. The van der Waals surface area contributed by atoms with Crippen LogP contribution in [-0.2, 0) is 18.4 Å². The van der Waals surface area contributed by atoms with Crippen LogP contribution >= 0.6 is 15.9 Å². The van der Waals surface area contributed by atoms with E-state index in [4.69, 9.17) is 0 Å². The molecule has 0 aliphatic heterocycles. The first-order valence-electron chi connectivity index (χ1n) is 6.18. The Hall–Kier alpha value is -1.26. The van der Waals surface area contributed by atoms with Crippen molar-refractivity contribution in [2.24, 2.45) is 0 Å². The van der Waals surface area contributed by atoms with Gasteiger partial charge in [-0.15, -0.1) is 0 Å². The zero-order chi connectivity index (χ0) is 13.5. The van der Waals surface area contributed by atoms with Gasteiger partial charge in [-0.05, 0) is 57.6 Å². The highest BCUT2D eigenvalue weighted by atomic mass is 79.9. The van der Waals surface area contributed by atoms with Crippen molar-refractivity contribution in [3.05, 3.63) is 63.6 Å². The lowest BCUT2D eigenvalue weighted by Crippen LogP contribution is -2.25. The van der Waals surface area contributed by atoms with Crippen molar-refractivity contribution in [1.29, 1.82) is 0 Å². The lowest BCUT2D eigenvalue weighted by Gasteiger charge is -2.24. The van der Waals surface area contributed by atoms with E-state index < -0.39 is 5.60 Å². The van der Waals surface area contributed by atoms with Crippen molar-refractivity contribution in [1.82, 2.24) is 4.98 Å². The number of halogens is 2. The van der Waals surface area contributed by atoms with Gasteiger partial charge in [0.05, 0.1) is 5.60 Å². The van der Waals surface area contributed by atoms with Crippen molar-refractivity contribution >= 4 is 15.9 Å². The van der Waals surface area contributed by atoms with Gasteiger partial charge in [0.2, 0.25) is 0 Å². The molecule has 0 bridgehead atoms. The number of nitrogens with zero attached hydrogens (tertiary/aromatic N) is 1. The Morgan fingerprint density at radius 3 is 3.00 bits per heavy atom. The van der Waals surface area contributed by atoms with Crippen LogP contribution in [-0.4, -0.2) is 10.1 Å². The summed E-state index contributed by atoms with van der Waals surface area (Å²) in [6.07, 6.45) is 5.03. The number of rotatable bonds is 2. The van der Waals surface area contributed by atoms with E-state index in [0.717, 1.165) is 10.0 Å². The van der Waals surface area contributed by atoms with Crippen LogP contribution in [0.2, 0.25) is 0 Å². The molecule has 98 valence electrons. The average molecular weight is 322 g/mol. The van der Waals surface area contributed by atoms with Crippen molar-refractivity contribution in [3.63, 3.8) is 0 Å². The first-order chi connectivity index (χ1) is 9.08. The Morgan fingerprint density at radius 1 is 1.37 bits per heavy atom. The van der Waals surface area contributed by atoms with Gasteiger partial charge in [0.15, 0.2) is 0 Å². The maximum Gasteiger partial charge on any atom is 0.126 e. The Balaban J connectivity index is 1.97. The van der Waals surface area contributed by atoms with Gasteiger partial charge in [0.1, 0.15) is 5.82 Å². The SMILES string of the molecule is OC1(Cc2cncc(Br)c2)CCc2c(F)cccc21. The number of benzene rings is 1. The molecule has 0 saturated carbocycles. The molecule has 1 aliphatic rings. The Labute approximate surface area is 119 Å². The van der Waals surface area contributed by atoms with Crippen LogP contribution in [0.25, 0.3) is 0 Å². The molecule has 1 atom stereocenters. The van der Waals surface area contributed by atoms with E-state index in [9.17, 15) is 9.50 Å². The normalized spacial score (nSPS) is 21.4. The quantitative estimate of drug-likeness (QED) is 0.920. The molecule has 1 heterocycles. The monoisotopic (exact) mass is 321 g/mol. The molecule has 2 nitrogen and oxygen atoms in total. The van der Waals surface area contributed by atoms with E-state index in [0.29, 0.717) is 30.4 Å². The van der Waals surface area contributed by atoms with Crippen LogP contribution < -0.4 is 0 Å². The number of hydrogen-bond acceptors (Lipinski definition) is 2. The van der Waals surface area contributed by atoms with Crippen molar-refractivity contribution in [2.75, 3.05) is 0 Å². The van der Waals surface area contributed by atoms with Crippen LogP contribution in [0.15, 0.2) is 41.1 Å². The molecule has 3 rings (SSSR count). The summed E-state index contributed by atoms with van der Waals surface area (Å²) in [6, 6.07) is 6.86. The van der Waals surface area contributed by atoms with E-state index >= 15 is 0 Å². The largest absolute Gasteiger partial charge is 0.385 e. The third kappa shape index (κ3) is 2.30. The van der Waals surface area contributed by atoms with Gasteiger partial charge in [0.25, 0.3) is 0 Å². The molecule has 2 aromatic rings. The lowest BCUT2D eigenvalue weighted by atomic mass is 9.89. The summed E-state index contributed by atoms with van der Waals surface area (Å²) < 4.78 is 14.6. The van der Waals surface area contributed by atoms with Crippen LogP contribution in [0, 0.1) is 5.82 Å².